The summed E-state index contributed by atoms with van der Waals surface area (Å²) in [5, 5.41) is 4.21. The first-order valence-electron chi connectivity index (χ1n) is 8.19. The van der Waals surface area contributed by atoms with E-state index in [0.29, 0.717) is 26.1 Å². The van der Waals surface area contributed by atoms with E-state index in [2.05, 4.69) is 5.10 Å². The van der Waals surface area contributed by atoms with Crippen molar-refractivity contribution >= 4 is 5.91 Å². The van der Waals surface area contributed by atoms with Crippen molar-refractivity contribution in [3.05, 3.63) is 53.9 Å². The Morgan fingerprint density at radius 2 is 2.17 bits per heavy atom. The second-order valence-electron chi connectivity index (χ2n) is 6.52. The predicted molar refractivity (Wildman–Crippen MR) is 91.1 cm³/mol. The summed E-state index contributed by atoms with van der Waals surface area (Å²) in [5.41, 5.74) is 7.63. The molecule has 24 heavy (non-hydrogen) atoms. The number of benzene rings is 1. The Morgan fingerprint density at radius 1 is 1.42 bits per heavy atom. The van der Waals surface area contributed by atoms with E-state index in [1.165, 1.54) is 0 Å². The average molecular weight is 328 g/mol. The number of aromatic nitrogens is 2. The lowest BCUT2D eigenvalue weighted by atomic mass is 9.96. The molecule has 2 aromatic rings. The first kappa shape index (κ1) is 16.7. The molecule has 3 rings (SSSR count). The monoisotopic (exact) mass is 328 g/mol. The summed E-state index contributed by atoms with van der Waals surface area (Å²) in [4.78, 5) is 14.5. The van der Waals surface area contributed by atoms with Gasteiger partial charge in [-0.15, -0.1) is 0 Å². The molecule has 2 N–H and O–H groups in total. The highest BCUT2D eigenvalue weighted by molar-refractivity contribution is 5.77. The number of carbonyl (C=O) groups is 1. The fraction of sp³-hybridized carbons (Fsp3) is 0.444. The fourth-order valence-electron chi connectivity index (χ4n) is 3.09. The van der Waals surface area contributed by atoms with Gasteiger partial charge < -0.3 is 15.4 Å². The van der Waals surface area contributed by atoms with Gasteiger partial charge in [0.05, 0.1) is 19.3 Å². The molecule has 6 nitrogen and oxygen atoms in total. The zero-order chi connectivity index (χ0) is 17.2. The van der Waals surface area contributed by atoms with Crippen molar-refractivity contribution in [2.24, 2.45) is 12.8 Å². The Morgan fingerprint density at radius 3 is 2.83 bits per heavy atom. The van der Waals surface area contributed by atoms with Gasteiger partial charge in [-0.3, -0.25) is 9.48 Å². The summed E-state index contributed by atoms with van der Waals surface area (Å²) < 4.78 is 7.70. The maximum absolute atomic E-state index is 12.7. The van der Waals surface area contributed by atoms with Crippen molar-refractivity contribution in [1.29, 1.82) is 0 Å². The maximum atomic E-state index is 12.7. The molecule has 0 unspecified atom stereocenters. The molecule has 2 heterocycles. The van der Waals surface area contributed by atoms with Crippen LogP contribution in [0.5, 0.6) is 0 Å². The number of hydrogen-bond acceptors (Lipinski definition) is 4. The normalized spacial score (nSPS) is 22.4. The number of aryl methyl sites for hydroxylation is 1. The van der Waals surface area contributed by atoms with Crippen LogP contribution in [-0.4, -0.2) is 40.3 Å². The van der Waals surface area contributed by atoms with E-state index in [-0.39, 0.29) is 11.9 Å². The smallest absolute Gasteiger partial charge is 0.224 e. The summed E-state index contributed by atoms with van der Waals surface area (Å²) in [6, 6.07) is 9.45. The van der Waals surface area contributed by atoms with Gasteiger partial charge in [-0.25, -0.2) is 0 Å². The molecule has 0 radical (unpaired) electrons. The zero-order valence-electron chi connectivity index (χ0n) is 14.2. The molecule has 1 aliphatic rings. The third-order valence-corrected chi connectivity index (χ3v) is 4.56. The Labute approximate surface area is 142 Å². The van der Waals surface area contributed by atoms with E-state index in [0.717, 1.165) is 11.1 Å². The van der Waals surface area contributed by atoms with Gasteiger partial charge in [0, 0.05) is 37.8 Å². The first-order chi connectivity index (χ1) is 11.5. The summed E-state index contributed by atoms with van der Waals surface area (Å²) in [5.74, 6) is 0.0600. The number of carbonyl (C=O) groups excluding carboxylic acids is 1. The van der Waals surface area contributed by atoms with E-state index < -0.39 is 5.60 Å². The number of ether oxygens (including phenoxy) is 1. The molecule has 1 aromatic carbocycles. The Kier molecular flexibility index (Phi) is 4.69. The SMILES string of the molecule is Cn1cc([C@@]2(C)CN(C(=O)C[C@H](N)c3ccccc3)CCO2)cn1. The molecule has 128 valence electrons. The Bertz CT molecular complexity index is 700. The number of morpholine rings is 1. The molecule has 1 aromatic heterocycles. The van der Waals surface area contributed by atoms with Crippen LogP contribution < -0.4 is 5.73 Å². The lowest BCUT2D eigenvalue weighted by molar-refractivity contribution is -0.150. The van der Waals surface area contributed by atoms with Crippen molar-refractivity contribution in [2.75, 3.05) is 19.7 Å². The molecule has 2 atom stereocenters. The van der Waals surface area contributed by atoms with Crippen LogP contribution in [0.1, 0.15) is 30.5 Å². The number of nitrogens with two attached hydrogens (primary N) is 1. The quantitative estimate of drug-likeness (QED) is 0.925. The molecule has 0 aliphatic carbocycles. The summed E-state index contributed by atoms with van der Waals surface area (Å²) in [6.45, 7) is 3.62. The van der Waals surface area contributed by atoms with Crippen LogP contribution in [0.3, 0.4) is 0 Å². The van der Waals surface area contributed by atoms with Gasteiger partial charge in [-0.05, 0) is 12.5 Å². The summed E-state index contributed by atoms with van der Waals surface area (Å²) in [6.07, 6.45) is 4.03. The van der Waals surface area contributed by atoms with Gasteiger partial charge in [0.15, 0.2) is 0 Å². The number of hydrogen-bond donors (Lipinski definition) is 1. The van der Waals surface area contributed by atoms with E-state index in [4.69, 9.17) is 10.5 Å². The van der Waals surface area contributed by atoms with Gasteiger partial charge in [0.1, 0.15) is 5.60 Å². The summed E-state index contributed by atoms with van der Waals surface area (Å²) >= 11 is 0. The molecule has 0 saturated carbocycles. The van der Waals surface area contributed by atoms with Crippen LogP contribution in [0, 0.1) is 0 Å². The molecule has 1 saturated heterocycles. The third-order valence-electron chi connectivity index (χ3n) is 4.56. The lowest BCUT2D eigenvalue weighted by Crippen LogP contribution is -2.50. The van der Waals surface area contributed by atoms with E-state index in [1.807, 2.05) is 55.4 Å². The van der Waals surface area contributed by atoms with Gasteiger partial charge in [-0.2, -0.15) is 5.10 Å². The predicted octanol–water partition coefficient (Wildman–Crippen LogP) is 1.58. The van der Waals surface area contributed by atoms with E-state index in [9.17, 15) is 4.79 Å². The molecular weight excluding hydrogens is 304 g/mol. The van der Waals surface area contributed by atoms with Crippen LogP contribution in [-0.2, 0) is 22.2 Å². The van der Waals surface area contributed by atoms with E-state index in [1.54, 1.807) is 10.9 Å². The number of nitrogens with zero attached hydrogens (tertiary/aromatic N) is 3. The fourth-order valence-corrected chi connectivity index (χ4v) is 3.09. The molecule has 0 bridgehead atoms. The van der Waals surface area contributed by atoms with Gasteiger partial charge in [0.2, 0.25) is 5.91 Å². The van der Waals surface area contributed by atoms with Crippen molar-refractivity contribution < 1.29 is 9.53 Å². The largest absolute Gasteiger partial charge is 0.367 e. The van der Waals surface area contributed by atoms with Gasteiger partial charge >= 0.3 is 0 Å². The lowest BCUT2D eigenvalue weighted by Gasteiger charge is -2.40. The molecule has 1 aliphatic heterocycles. The second kappa shape index (κ2) is 6.75. The zero-order valence-corrected chi connectivity index (χ0v) is 14.2. The molecular formula is C18H24N4O2. The van der Waals surface area contributed by atoms with Gasteiger partial charge in [0.25, 0.3) is 0 Å². The van der Waals surface area contributed by atoms with Crippen LogP contribution >= 0.6 is 0 Å². The second-order valence-corrected chi connectivity index (χ2v) is 6.52. The third kappa shape index (κ3) is 3.49. The minimum absolute atomic E-state index is 0.0600. The van der Waals surface area contributed by atoms with Crippen LogP contribution in [0.15, 0.2) is 42.7 Å². The minimum Gasteiger partial charge on any atom is -0.367 e. The average Bonchev–Trinajstić information content (AvgIpc) is 3.03. The maximum Gasteiger partial charge on any atom is 0.224 e. The van der Waals surface area contributed by atoms with Crippen molar-refractivity contribution in [3.63, 3.8) is 0 Å². The Hall–Kier alpha value is -2.18. The minimum atomic E-state index is -0.529. The standard InChI is InChI=1S/C18H24N4O2/c1-18(15-11-20-21(2)12-15)13-22(8-9-24-18)17(23)10-16(19)14-6-4-3-5-7-14/h3-7,11-12,16H,8-10,13,19H2,1-2H3/t16-,18+/m0/s1. The van der Waals surface area contributed by atoms with Crippen molar-refractivity contribution in [3.8, 4) is 0 Å². The van der Waals surface area contributed by atoms with Crippen molar-refractivity contribution in [1.82, 2.24) is 14.7 Å². The highest BCUT2D eigenvalue weighted by atomic mass is 16.5. The highest BCUT2D eigenvalue weighted by Crippen LogP contribution is 2.29. The molecule has 1 fully saturated rings. The molecule has 6 heteroatoms. The van der Waals surface area contributed by atoms with Crippen molar-refractivity contribution in [2.45, 2.75) is 25.0 Å². The topological polar surface area (TPSA) is 73.4 Å². The van der Waals surface area contributed by atoms with Crippen LogP contribution in [0.4, 0.5) is 0 Å². The van der Waals surface area contributed by atoms with Crippen LogP contribution in [0.25, 0.3) is 0 Å². The highest BCUT2D eigenvalue weighted by Gasteiger charge is 2.36. The van der Waals surface area contributed by atoms with E-state index >= 15 is 0 Å². The first-order valence-corrected chi connectivity index (χ1v) is 8.19. The van der Waals surface area contributed by atoms with Gasteiger partial charge in [-0.1, -0.05) is 30.3 Å². The Balaban J connectivity index is 1.67. The molecule has 1 amide bonds. The molecule has 0 spiro atoms. The summed E-state index contributed by atoms with van der Waals surface area (Å²) in [7, 11) is 1.87. The number of amides is 1. The van der Waals surface area contributed by atoms with Crippen LogP contribution in [0.2, 0.25) is 0 Å². The number of rotatable bonds is 4.